The van der Waals surface area contributed by atoms with Crippen LogP contribution in [0.3, 0.4) is 0 Å². The van der Waals surface area contributed by atoms with Crippen LogP contribution in [0.1, 0.15) is 15.9 Å². The Morgan fingerprint density at radius 1 is 1.46 bits per heavy atom. The molecular weight excluding hydrogens is 169 g/mol. The Balaban J connectivity index is 3.06. The van der Waals surface area contributed by atoms with Gasteiger partial charge in [0, 0.05) is 17.2 Å². The first kappa shape index (κ1) is 9.14. The summed E-state index contributed by atoms with van der Waals surface area (Å²) in [6.07, 6.45) is 3.10. The Bertz CT molecular complexity index is 390. The molecule has 1 aromatic rings. The largest absolute Gasteiger partial charge is 0.298 e. The molecule has 0 aromatic heterocycles. The summed E-state index contributed by atoms with van der Waals surface area (Å²) in [7, 11) is 0. The second kappa shape index (κ2) is 4.17. The van der Waals surface area contributed by atoms with Crippen molar-refractivity contribution in [2.45, 2.75) is 0 Å². The maximum atomic E-state index is 13.0. The van der Waals surface area contributed by atoms with Gasteiger partial charge in [-0.15, -0.1) is 0 Å². The highest BCUT2D eigenvalue weighted by atomic mass is 19.1. The lowest BCUT2D eigenvalue weighted by Gasteiger charge is -1.95. The molecule has 0 N–H and O–H groups in total. The fourth-order valence-electron chi connectivity index (χ4n) is 0.879. The molecule has 1 rings (SSSR count). The lowest BCUT2D eigenvalue weighted by molar-refractivity contribution is 0.112. The van der Waals surface area contributed by atoms with Gasteiger partial charge in [0.15, 0.2) is 0 Å². The van der Waals surface area contributed by atoms with E-state index < -0.39 is 5.82 Å². The molecule has 0 atom stereocenters. The molecule has 0 fully saturated rings. The van der Waals surface area contributed by atoms with Gasteiger partial charge >= 0.3 is 0 Å². The van der Waals surface area contributed by atoms with Crippen molar-refractivity contribution >= 4 is 12.4 Å². The summed E-state index contributed by atoms with van der Waals surface area (Å²) in [5.41, 5.74) is 0.582. The van der Waals surface area contributed by atoms with E-state index in [1.54, 1.807) is 6.07 Å². The molecule has 0 saturated carbocycles. The van der Waals surface area contributed by atoms with Crippen molar-refractivity contribution in [1.29, 1.82) is 5.26 Å². The monoisotopic (exact) mass is 175 g/mol. The second-order valence-corrected chi connectivity index (χ2v) is 2.36. The van der Waals surface area contributed by atoms with Crippen molar-refractivity contribution in [3.8, 4) is 6.07 Å². The summed E-state index contributed by atoms with van der Waals surface area (Å²) < 4.78 is 13.0. The van der Waals surface area contributed by atoms with E-state index in [1.165, 1.54) is 24.3 Å². The van der Waals surface area contributed by atoms with Crippen LogP contribution in [0.5, 0.6) is 0 Å². The third-order valence-electron chi connectivity index (χ3n) is 1.50. The van der Waals surface area contributed by atoms with Crippen molar-refractivity contribution in [2.24, 2.45) is 0 Å². The number of nitriles is 1. The van der Waals surface area contributed by atoms with Crippen LogP contribution in [0.4, 0.5) is 4.39 Å². The van der Waals surface area contributed by atoms with Crippen LogP contribution >= 0.6 is 0 Å². The Hall–Kier alpha value is -1.95. The standard InChI is InChI=1S/C10H6FNO/c11-10-6-8(7-13)3-4-9(10)2-1-5-12/h1-4,6-7H. The third-order valence-corrected chi connectivity index (χ3v) is 1.50. The van der Waals surface area contributed by atoms with Gasteiger partial charge in [0.05, 0.1) is 6.07 Å². The summed E-state index contributed by atoms with van der Waals surface area (Å²) in [5.74, 6) is -0.504. The summed E-state index contributed by atoms with van der Waals surface area (Å²) in [6, 6.07) is 5.83. The van der Waals surface area contributed by atoms with E-state index in [-0.39, 0.29) is 5.56 Å². The molecule has 0 unspecified atom stereocenters. The quantitative estimate of drug-likeness (QED) is 0.510. The van der Waals surface area contributed by atoms with E-state index in [9.17, 15) is 9.18 Å². The van der Waals surface area contributed by atoms with Gasteiger partial charge < -0.3 is 0 Å². The minimum Gasteiger partial charge on any atom is -0.298 e. The number of rotatable bonds is 2. The van der Waals surface area contributed by atoms with Crippen molar-refractivity contribution in [3.05, 3.63) is 41.2 Å². The van der Waals surface area contributed by atoms with E-state index in [4.69, 9.17) is 5.26 Å². The predicted octanol–water partition coefficient (Wildman–Crippen LogP) is 2.17. The molecule has 3 heteroatoms. The van der Waals surface area contributed by atoms with Gasteiger partial charge in [-0.25, -0.2) is 4.39 Å². The van der Waals surface area contributed by atoms with E-state index in [0.717, 1.165) is 6.07 Å². The number of nitrogens with zero attached hydrogens (tertiary/aromatic N) is 1. The van der Waals surface area contributed by atoms with Gasteiger partial charge in [-0.2, -0.15) is 5.26 Å². The number of hydrogen-bond acceptors (Lipinski definition) is 2. The van der Waals surface area contributed by atoms with Crippen LogP contribution in [0.15, 0.2) is 24.3 Å². The molecule has 0 aliphatic heterocycles. The molecular formula is C10H6FNO. The summed E-state index contributed by atoms with van der Waals surface area (Å²) in [4.78, 5) is 10.2. The molecule has 0 bridgehead atoms. The van der Waals surface area contributed by atoms with Crippen LogP contribution in [0.25, 0.3) is 6.08 Å². The summed E-state index contributed by atoms with van der Waals surface area (Å²) in [5, 5.41) is 8.20. The Kier molecular flexibility index (Phi) is 2.93. The number of carbonyl (C=O) groups is 1. The zero-order valence-electron chi connectivity index (χ0n) is 6.70. The average Bonchev–Trinajstić information content (AvgIpc) is 2.16. The first-order valence-corrected chi connectivity index (χ1v) is 3.59. The summed E-state index contributed by atoms with van der Waals surface area (Å²) >= 11 is 0. The zero-order valence-corrected chi connectivity index (χ0v) is 6.70. The third kappa shape index (κ3) is 2.24. The molecule has 0 radical (unpaired) electrons. The van der Waals surface area contributed by atoms with Crippen LogP contribution in [-0.2, 0) is 0 Å². The van der Waals surface area contributed by atoms with E-state index >= 15 is 0 Å². The lowest BCUT2D eigenvalue weighted by atomic mass is 10.1. The molecule has 2 nitrogen and oxygen atoms in total. The fourth-order valence-corrected chi connectivity index (χ4v) is 0.879. The van der Waals surface area contributed by atoms with Crippen molar-refractivity contribution in [3.63, 3.8) is 0 Å². The van der Waals surface area contributed by atoms with Crippen LogP contribution in [0.2, 0.25) is 0 Å². The van der Waals surface area contributed by atoms with E-state index in [2.05, 4.69) is 0 Å². The molecule has 1 aromatic carbocycles. The number of hydrogen-bond donors (Lipinski definition) is 0. The van der Waals surface area contributed by atoms with Gasteiger partial charge in [0.25, 0.3) is 0 Å². The van der Waals surface area contributed by atoms with Crippen molar-refractivity contribution < 1.29 is 9.18 Å². The molecule has 0 amide bonds. The van der Waals surface area contributed by atoms with Crippen LogP contribution < -0.4 is 0 Å². The fraction of sp³-hybridized carbons (Fsp3) is 0. The topological polar surface area (TPSA) is 40.9 Å². The molecule has 13 heavy (non-hydrogen) atoms. The molecule has 0 aliphatic rings. The molecule has 0 aliphatic carbocycles. The van der Waals surface area contributed by atoms with Gasteiger partial charge in [0.1, 0.15) is 12.1 Å². The van der Waals surface area contributed by atoms with Gasteiger partial charge in [-0.1, -0.05) is 12.1 Å². The number of halogens is 1. The predicted molar refractivity (Wildman–Crippen MR) is 46.4 cm³/mol. The van der Waals surface area contributed by atoms with Gasteiger partial charge in [-0.3, -0.25) is 4.79 Å². The van der Waals surface area contributed by atoms with Gasteiger partial charge in [-0.05, 0) is 12.1 Å². The SMILES string of the molecule is N#CC=Cc1ccc(C=O)cc1F. The minimum absolute atomic E-state index is 0.284. The smallest absolute Gasteiger partial charge is 0.150 e. The Morgan fingerprint density at radius 2 is 2.23 bits per heavy atom. The highest BCUT2D eigenvalue weighted by molar-refractivity contribution is 5.75. The first-order valence-electron chi connectivity index (χ1n) is 3.59. The van der Waals surface area contributed by atoms with Crippen molar-refractivity contribution in [2.75, 3.05) is 0 Å². The molecule has 0 saturated heterocycles. The molecule has 0 spiro atoms. The van der Waals surface area contributed by atoms with E-state index in [1.807, 2.05) is 0 Å². The highest BCUT2D eigenvalue weighted by Gasteiger charge is 1.99. The maximum absolute atomic E-state index is 13.0. The van der Waals surface area contributed by atoms with Gasteiger partial charge in [0.2, 0.25) is 0 Å². The highest BCUT2D eigenvalue weighted by Crippen LogP contribution is 2.10. The molecule has 0 heterocycles. The number of benzene rings is 1. The Morgan fingerprint density at radius 3 is 2.77 bits per heavy atom. The second-order valence-electron chi connectivity index (χ2n) is 2.36. The molecule has 64 valence electrons. The summed E-state index contributed by atoms with van der Waals surface area (Å²) in [6.45, 7) is 0. The average molecular weight is 175 g/mol. The zero-order chi connectivity index (χ0) is 9.68. The van der Waals surface area contributed by atoms with Crippen molar-refractivity contribution in [1.82, 2.24) is 0 Å². The maximum Gasteiger partial charge on any atom is 0.150 e. The Labute approximate surface area is 74.9 Å². The number of aldehydes is 1. The van der Waals surface area contributed by atoms with Crippen LogP contribution in [0, 0.1) is 17.1 Å². The number of allylic oxidation sites excluding steroid dienone is 1. The normalized spacial score (nSPS) is 9.85. The van der Waals surface area contributed by atoms with E-state index in [0.29, 0.717) is 11.8 Å². The first-order chi connectivity index (χ1) is 6.27. The van der Waals surface area contributed by atoms with Crippen LogP contribution in [-0.4, -0.2) is 6.29 Å². The minimum atomic E-state index is -0.504. The number of carbonyl (C=O) groups excluding carboxylic acids is 1. The lowest BCUT2D eigenvalue weighted by Crippen LogP contribution is -1.85.